The molecule has 0 fully saturated rings. The molecule has 0 aliphatic carbocycles. The Morgan fingerprint density at radius 2 is 2.07 bits per heavy atom. The first-order valence-corrected chi connectivity index (χ1v) is 3.94. The third kappa shape index (κ3) is 2.43. The molecule has 3 nitrogen and oxygen atoms in total. The lowest BCUT2D eigenvalue weighted by Crippen LogP contribution is -2.22. The van der Waals surface area contributed by atoms with Crippen molar-refractivity contribution < 1.29 is 13.2 Å². The molecule has 0 aliphatic rings. The van der Waals surface area contributed by atoms with E-state index in [0.29, 0.717) is 0 Å². The zero-order valence-electron chi connectivity index (χ0n) is 7.25. The lowest BCUT2D eigenvalue weighted by Gasteiger charge is -2.11. The van der Waals surface area contributed by atoms with E-state index in [9.17, 15) is 13.2 Å². The maximum absolute atomic E-state index is 12.2. The Bertz CT molecular complexity index is 311. The first-order valence-electron chi connectivity index (χ1n) is 3.94. The fraction of sp³-hybridized carbons (Fsp3) is 0.375. The maximum atomic E-state index is 12.2. The van der Waals surface area contributed by atoms with Gasteiger partial charge in [-0.15, -0.1) is 0 Å². The highest BCUT2D eigenvalue weighted by molar-refractivity contribution is 5.21. The normalized spacial score (nSPS) is 14.1. The van der Waals surface area contributed by atoms with Gasteiger partial charge in [-0.1, -0.05) is 0 Å². The van der Waals surface area contributed by atoms with Crippen molar-refractivity contribution in [1.82, 2.24) is 4.98 Å². The van der Waals surface area contributed by atoms with Crippen LogP contribution in [0.4, 0.5) is 13.2 Å². The van der Waals surface area contributed by atoms with Crippen LogP contribution >= 0.6 is 0 Å². The predicted octanol–water partition coefficient (Wildman–Crippen LogP) is 1.06. The molecule has 1 aromatic rings. The molecule has 0 radical (unpaired) electrons. The summed E-state index contributed by atoms with van der Waals surface area (Å²) in [6, 6.07) is 1.15. The second kappa shape index (κ2) is 3.93. The Balaban J connectivity index is 3.01. The molecule has 14 heavy (non-hydrogen) atoms. The van der Waals surface area contributed by atoms with Crippen LogP contribution in [0.2, 0.25) is 0 Å². The van der Waals surface area contributed by atoms with E-state index in [0.717, 1.165) is 18.3 Å². The number of pyridine rings is 1. The van der Waals surface area contributed by atoms with Gasteiger partial charge in [-0.2, -0.15) is 13.2 Å². The molecule has 0 bridgehead atoms. The monoisotopic (exact) mass is 205 g/mol. The number of hydrogen-bond acceptors (Lipinski definition) is 3. The van der Waals surface area contributed by atoms with Crippen molar-refractivity contribution in [3.63, 3.8) is 0 Å². The topological polar surface area (TPSA) is 64.9 Å². The van der Waals surface area contributed by atoms with Gasteiger partial charge in [0.15, 0.2) is 0 Å². The number of nitrogens with two attached hydrogens (primary N) is 2. The zero-order chi connectivity index (χ0) is 10.8. The molecule has 0 aromatic carbocycles. The van der Waals surface area contributed by atoms with Crippen molar-refractivity contribution in [1.29, 1.82) is 0 Å². The Kier molecular flexibility index (Phi) is 3.07. The van der Waals surface area contributed by atoms with Gasteiger partial charge >= 0.3 is 6.18 Å². The first-order chi connectivity index (χ1) is 6.45. The maximum Gasteiger partial charge on any atom is 0.416 e. The summed E-state index contributed by atoms with van der Waals surface area (Å²) in [5.74, 6) is 0. The number of halogens is 3. The minimum Gasteiger partial charge on any atom is -0.329 e. The zero-order valence-corrected chi connectivity index (χ0v) is 7.25. The number of nitrogens with zero attached hydrogens (tertiary/aromatic N) is 1. The second-order valence-electron chi connectivity index (χ2n) is 2.81. The van der Waals surface area contributed by atoms with Crippen molar-refractivity contribution in [3.05, 3.63) is 29.6 Å². The number of hydrogen-bond donors (Lipinski definition) is 2. The van der Waals surface area contributed by atoms with E-state index in [2.05, 4.69) is 4.98 Å². The van der Waals surface area contributed by atoms with Gasteiger partial charge in [0.1, 0.15) is 0 Å². The third-order valence-corrected chi connectivity index (χ3v) is 1.74. The summed E-state index contributed by atoms with van der Waals surface area (Å²) in [6.45, 7) is 0.0638. The Hall–Kier alpha value is -1.14. The van der Waals surface area contributed by atoms with Crippen LogP contribution in [0.3, 0.4) is 0 Å². The summed E-state index contributed by atoms with van der Waals surface area (Å²) in [5, 5.41) is 0. The first kappa shape index (κ1) is 10.9. The van der Waals surface area contributed by atoms with Crippen molar-refractivity contribution in [2.75, 3.05) is 6.54 Å². The quantitative estimate of drug-likeness (QED) is 0.758. The van der Waals surface area contributed by atoms with E-state index >= 15 is 0 Å². The molecular weight excluding hydrogens is 195 g/mol. The molecule has 1 heterocycles. The number of alkyl halides is 3. The lowest BCUT2D eigenvalue weighted by molar-refractivity contribution is -0.137. The number of aromatic nitrogens is 1. The van der Waals surface area contributed by atoms with Gasteiger partial charge < -0.3 is 11.5 Å². The summed E-state index contributed by atoms with van der Waals surface area (Å²) < 4.78 is 36.7. The van der Waals surface area contributed by atoms with E-state index in [-0.39, 0.29) is 12.2 Å². The molecule has 6 heteroatoms. The van der Waals surface area contributed by atoms with Gasteiger partial charge in [0.05, 0.1) is 17.3 Å². The van der Waals surface area contributed by atoms with Gasteiger partial charge in [0.25, 0.3) is 0 Å². The fourth-order valence-corrected chi connectivity index (χ4v) is 0.948. The van der Waals surface area contributed by atoms with Crippen molar-refractivity contribution in [3.8, 4) is 0 Å². The van der Waals surface area contributed by atoms with E-state index in [1.54, 1.807) is 0 Å². The fourth-order valence-electron chi connectivity index (χ4n) is 0.948. The van der Waals surface area contributed by atoms with Crippen LogP contribution in [0.15, 0.2) is 18.3 Å². The minimum absolute atomic E-state index is 0.0638. The Morgan fingerprint density at radius 3 is 2.57 bits per heavy atom. The molecule has 1 aromatic heterocycles. The van der Waals surface area contributed by atoms with Gasteiger partial charge in [-0.05, 0) is 12.1 Å². The van der Waals surface area contributed by atoms with Gasteiger partial charge in [0, 0.05) is 12.7 Å². The third-order valence-electron chi connectivity index (χ3n) is 1.74. The predicted molar refractivity (Wildman–Crippen MR) is 45.2 cm³/mol. The van der Waals surface area contributed by atoms with Gasteiger partial charge in [-0.3, -0.25) is 4.98 Å². The lowest BCUT2D eigenvalue weighted by atomic mass is 10.1. The second-order valence-corrected chi connectivity index (χ2v) is 2.81. The van der Waals surface area contributed by atoms with E-state index in [4.69, 9.17) is 11.5 Å². The molecule has 1 atom stereocenters. The van der Waals surface area contributed by atoms with Gasteiger partial charge in [-0.25, -0.2) is 0 Å². The average molecular weight is 205 g/mol. The van der Waals surface area contributed by atoms with E-state index in [1.807, 2.05) is 0 Å². The van der Waals surface area contributed by atoms with Crippen LogP contribution in [-0.2, 0) is 6.18 Å². The van der Waals surface area contributed by atoms with Crippen molar-refractivity contribution in [2.45, 2.75) is 12.2 Å². The smallest absolute Gasteiger partial charge is 0.329 e. The van der Waals surface area contributed by atoms with Crippen LogP contribution in [0.25, 0.3) is 0 Å². The molecule has 1 rings (SSSR count). The van der Waals surface area contributed by atoms with E-state index < -0.39 is 17.8 Å². The molecule has 4 N–H and O–H groups in total. The van der Waals surface area contributed by atoms with Crippen LogP contribution in [0, 0.1) is 0 Å². The molecule has 0 aliphatic heterocycles. The molecule has 0 spiro atoms. The Labute approximate surface area is 78.9 Å². The number of rotatable bonds is 2. The van der Waals surface area contributed by atoms with Crippen LogP contribution in [0.5, 0.6) is 0 Å². The molecule has 0 amide bonds. The van der Waals surface area contributed by atoms with Crippen LogP contribution in [0.1, 0.15) is 17.3 Å². The molecule has 0 saturated carbocycles. The summed E-state index contributed by atoms with van der Waals surface area (Å²) >= 11 is 0. The highest BCUT2D eigenvalue weighted by Gasteiger charge is 2.30. The Morgan fingerprint density at radius 1 is 1.43 bits per heavy atom. The summed E-state index contributed by atoms with van der Waals surface area (Å²) in [4.78, 5) is 3.72. The van der Waals surface area contributed by atoms with Crippen LogP contribution in [-0.4, -0.2) is 11.5 Å². The molecule has 1 unspecified atom stereocenters. The highest BCUT2D eigenvalue weighted by atomic mass is 19.4. The molecule has 0 saturated heterocycles. The van der Waals surface area contributed by atoms with Crippen molar-refractivity contribution >= 4 is 0 Å². The van der Waals surface area contributed by atoms with E-state index in [1.165, 1.54) is 0 Å². The standard InChI is InChI=1S/C8H10F3N3/c9-8(10,11)5-1-2-14-7(3-5)6(13)4-12/h1-3,6H,4,12-13H2. The summed E-state index contributed by atoms with van der Waals surface area (Å²) in [6.07, 6.45) is -3.29. The summed E-state index contributed by atoms with van der Waals surface area (Å²) in [7, 11) is 0. The average Bonchev–Trinajstić information content (AvgIpc) is 2.15. The SMILES string of the molecule is NCC(N)c1cc(C(F)(F)F)ccn1. The molecular formula is C8H10F3N3. The molecule has 78 valence electrons. The highest BCUT2D eigenvalue weighted by Crippen LogP contribution is 2.29. The summed E-state index contributed by atoms with van der Waals surface area (Å²) in [5.41, 5.74) is 10.1. The van der Waals surface area contributed by atoms with Crippen LogP contribution < -0.4 is 11.5 Å². The largest absolute Gasteiger partial charge is 0.416 e. The van der Waals surface area contributed by atoms with Crippen molar-refractivity contribution in [2.24, 2.45) is 11.5 Å². The minimum atomic E-state index is -4.37. The van der Waals surface area contributed by atoms with Gasteiger partial charge in [0.2, 0.25) is 0 Å².